The van der Waals surface area contributed by atoms with Crippen LogP contribution in [0, 0.1) is 11.3 Å². The van der Waals surface area contributed by atoms with E-state index in [1.807, 2.05) is 69.3 Å². The van der Waals surface area contributed by atoms with Gasteiger partial charge >= 0.3 is 5.97 Å². The number of amides is 1. The lowest BCUT2D eigenvalue weighted by Gasteiger charge is -2.63. The lowest BCUT2D eigenvalue weighted by Crippen LogP contribution is -2.82. The molecular formula is C44H60N6O7. The number of para-hydroxylation sites is 1. The molecule has 1 spiro atoms. The summed E-state index contributed by atoms with van der Waals surface area (Å²) in [5.74, 6) is 4.81. The van der Waals surface area contributed by atoms with Gasteiger partial charge in [0.15, 0.2) is 5.60 Å². The summed E-state index contributed by atoms with van der Waals surface area (Å²) in [6, 6.07) is 10.9. The molecule has 308 valence electrons. The van der Waals surface area contributed by atoms with E-state index >= 15 is 4.79 Å². The number of nitrogens with zero attached hydrogens (tertiary/aromatic N) is 3. The third kappa shape index (κ3) is 5.21. The van der Waals surface area contributed by atoms with Gasteiger partial charge < -0.3 is 39.6 Å². The molecule has 2 aromatic carbocycles. The van der Waals surface area contributed by atoms with Crippen molar-refractivity contribution in [2.75, 3.05) is 59.4 Å². The van der Waals surface area contributed by atoms with Gasteiger partial charge in [0.25, 0.3) is 5.91 Å². The molecule has 7 N–H and O–H groups in total. The van der Waals surface area contributed by atoms with Crippen molar-refractivity contribution in [1.29, 1.82) is 0 Å². The molecule has 0 bridgehead atoms. The van der Waals surface area contributed by atoms with E-state index in [2.05, 4.69) is 39.3 Å². The van der Waals surface area contributed by atoms with Crippen LogP contribution in [0.15, 0.2) is 48.6 Å². The second kappa shape index (κ2) is 13.8. The molecule has 0 unspecified atom stereocenters. The van der Waals surface area contributed by atoms with Crippen LogP contribution in [0.3, 0.4) is 0 Å². The van der Waals surface area contributed by atoms with Crippen LogP contribution in [0.4, 0.5) is 5.69 Å². The Morgan fingerprint density at radius 3 is 2.47 bits per heavy atom. The molecule has 5 heterocycles. The summed E-state index contributed by atoms with van der Waals surface area (Å²) in [6.45, 7) is 8.56. The molecular weight excluding hydrogens is 725 g/mol. The summed E-state index contributed by atoms with van der Waals surface area (Å²) >= 11 is 0. The fraction of sp³-hybridized carbons (Fsp3) is 0.591. The Bertz CT molecular complexity index is 2120. The number of β-amino-alcohol motifs (C(OH)–C–C–N with tert-alkyl or cyclic N) is 1. The standard InChI is InChI=1S/C44H60N6O7/c1-8-40(54)23-26(3)24-43(39(53)57-7,34-28(15-19-48(4)25-40)27-13-10-11-14-31(27)46-34)30-21-29-32(22-33(30)56-6)49(5)36-42(29)17-20-50-18-12-16-41(9-2,35(42)50)37(51)44(36,55)38(52)47-45/h10-14,16,21-22,26,35-37,46,51,54-55H,8-9,15,17-20,23-25,45H2,1-7H3,(H,47,52)/t26-,35-,36+,37+,40-,41+,42+,43-,44-/m0/s1. The number of likely N-dealkylation sites (N-methyl/N-ethyl adjacent to an activating group) is 2. The third-order valence-corrected chi connectivity index (χ3v) is 15.1. The number of hydrogen-bond acceptors (Lipinski definition) is 11. The molecule has 2 fully saturated rings. The van der Waals surface area contributed by atoms with Crippen molar-refractivity contribution >= 4 is 28.5 Å². The van der Waals surface area contributed by atoms with Gasteiger partial charge in [0.05, 0.1) is 25.9 Å². The van der Waals surface area contributed by atoms with Crippen LogP contribution in [-0.2, 0) is 31.6 Å². The van der Waals surface area contributed by atoms with Gasteiger partial charge in [-0.25, -0.2) is 5.84 Å². The number of ether oxygens (including phenoxy) is 2. The van der Waals surface area contributed by atoms with E-state index in [9.17, 15) is 20.1 Å². The van der Waals surface area contributed by atoms with Gasteiger partial charge in [-0.05, 0) is 81.3 Å². The minimum atomic E-state index is -2.32. The highest BCUT2D eigenvalue weighted by Crippen LogP contribution is 2.67. The topological polar surface area (TPSA) is 177 Å². The highest BCUT2D eigenvalue weighted by Gasteiger charge is 2.78. The third-order valence-electron chi connectivity index (χ3n) is 15.1. The van der Waals surface area contributed by atoms with Crippen LogP contribution in [0.25, 0.3) is 10.9 Å². The molecule has 1 amide bonds. The van der Waals surface area contributed by atoms with Crippen molar-refractivity contribution in [2.45, 2.75) is 99.5 Å². The van der Waals surface area contributed by atoms with Crippen molar-refractivity contribution < 1.29 is 34.4 Å². The molecule has 1 saturated carbocycles. The van der Waals surface area contributed by atoms with Gasteiger partial charge in [-0.1, -0.05) is 51.1 Å². The number of nitrogens with two attached hydrogens (primary N) is 1. The predicted octanol–water partition coefficient (Wildman–Crippen LogP) is 2.87. The Morgan fingerprint density at radius 2 is 1.79 bits per heavy atom. The number of H-pyrrole nitrogens is 1. The van der Waals surface area contributed by atoms with Gasteiger partial charge in [0.2, 0.25) is 0 Å². The number of aliphatic hydroxyl groups excluding tert-OH is 1. The van der Waals surface area contributed by atoms with Crippen LogP contribution in [-0.4, -0.2) is 126 Å². The number of carbonyl (C=O) groups is 2. The van der Waals surface area contributed by atoms with Crippen LogP contribution < -0.4 is 20.9 Å². The zero-order valence-electron chi connectivity index (χ0n) is 34.4. The van der Waals surface area contributed by atoms with E-state index < -0.39 is 51.5 Å². The number of nitrogens with one attached hydrogen (secondary N) is 2. The first-order valence-corrected chi connectivity index (χ1v) is 20.6. The highest BCUT2D eigenvalue weighted by atomic mass is 16.5. The van der Waals surface area contributed by atoms with Crippen LogP contribution in [0.1, 0.15) is 75.3 Å². The van der Waals surface area contributed by atoms with Gasteiger partial charge in [-0.3, -0.25) is 19.9 Å². The maximum absolute atomic E-state index is 15.3. The van der Waals surface area contributed by atoms with Gasteiger partial charge in [-0.2, -0.15) is 0 Å². The van der Waals surface area contributed by atoms with Gasteiger partial charge in [0, 0.05) is 77.5 Å². The fourth-order valence-electron chi connectivity index (χ4n) is 12.8. The molecule has 13 nitrogen and oxygen atoms in total. The lowest BCUT2D eigenvalue weighted by molar-refractivity contribution is -0.203. The molecule has 8 rings (SSSR count). The molecule has 3 aromatic rings. The number of rotatable bonds is 6. The van der Waals surface area contributed by atoms with Crippen molar-refractivity contribution in [1.82, 2.24) is 20.2 Å². The largest absolute Gasteiger partial charge is 0.496 e. The average Bonchev–Trinajstić information content (AvgIpc) is 3.86. The van der Waals surface area contributed by atoms with E-state index in [1.165, 1.54) is 7.11 Å². The predicted molar refractivity (Wildman–Crippen MR) is 218 cm³/mol. The molecule has 5 aliphatic rings. The number of esters is 1. The summed E-state index contributed by atoms with van der Waals surface area (Å²) in [5.41, 5.74) is 0.416. The van der Waals surface area contributed by atoms with Crippen molar-refractivity contribution in [3.8, 4) is 5.75 Å². The zero-order valence-corrected chi connectivity index (χ0v) is 34.4. The van der Waals surface area contributed by atoms with Crippen molar-refractivity contribution in [3.05, 3.63) is 70.9 Å². The van der Waals surface area contributed by atoms with Crippen molar-refractivity contribution in [2.24, 2.45) is 17.2 Å². The smallest absolute Gasteiger partial charge is 0.322 e. The average molecular weight is 785 g/mol. The summed E-state index contributed by atoms with van der Waals surface area (Å²) in [6.07, 6.45) is 5.49. The number of benzene rings is 2. The maximum Gasteiger partial charge on any atom is 0.322 e. The first-order valence-electron chi connectivity index (χ1n) is 20.6. The number of fused-ring (bicyclic) bond motifs is 4. The second-order valence-electron chi connectivity index (χ2n) is 17.8. The zero-order chi connectivity index (χ0) is 40.9. The Balaban J connectivity index is 1.47. The number of carbonyl (C=O) groups excluding carboxylic acids is 2. The second-order valence-corrected chi connectivity index (χ2v) is 17.8. The number of aromatic amines is 1. The van der Waals surface area contributed by atoms with Crippen LogP contribution in [0.5, 0.6) is 5.75 Å². The maximum atomic E-state index is 15.3. The molecule has 13 heteroatoms. The van der Waals surface area contributed by atoms with E-state index in [0.717, 1.165) is 33.4 Å². The fourth-order valence-corrected chi connectivity index (χ4v) is 12.8. The van der Waals surface area contributed by atoms with E-state index in [-0.39, 0.29) is 12.0 Å². The van der Waals surface area contributed by atoms with Gasteiger partial charge in [0.1, 0.15) is 17.3 Å². The molecule has 1 aliphatic carbocycles. The summed E-state index contributed by atoms with van der Waals surface area (Å²) < 4.78 is 12.2. The molecule has 9 atom stereocenters. The first kappa shape index (κ1) is 39.8. The molecule has 4 aliphatic heterocycles. The van der Waals surface area contributed by atoms with E-state index in [0.29, 0.717) is 76.0 Å². The number of aliphatic hydroxyl groups is 3. The Hall–Kier alpha value is -3.98. The van der Waals surface area contributed by atoms with Crippen molar-refractivity contribution in [3.63, 3.8) is 0 Å². The van der Waals surface area contributed by atoms with E-state index in [1.54, 1.807) is 7.11 Å². The summed E-state index contributed by atoms with van der Waals surface area (Å²) in [5, 5.41) is 38.4. The normalized spacial score (nSPS) is 36.5. The lowest BCUT2D eigenvalue weighted by atomic mass is 9.47. The Kier molecular flexibility index (Phi) is 9.65. The SMILES string of the molecule is CC[C@]1(O)C[C@H](C)C[C@](C(=O)OC)(c2cc3c(cc2OC)N(C)[C@H]2[C@@](O)(C(=O)NN)[C@H](O)[C@]4(CC)C=CCN5CC[C@]32[C@@H]54)c2[nH]c3ccccc3c2CCN(C)C1. The summed E-state index contributed by atoms with van der Waals surface area (Å²) in [4.78, 5) is 39.5. The van der Waals surface area contributed by atoms with Gasteiger partial charge in [-0.15, -0.1) is 0 Å². The quantitative estimate of drug-likeness (QED) is 0.0713. The van der Waals surface area contributed by atoms with E-state index in [4.69, 9.17) is 15.3 Å². The number of methoxy groups -OCH3 is 2. The number of hydrazine groups is 1. The van der Waals surface area contributed by atoms with Crippen LogP contribution in [0.2, 0.25) is 0 Å². The Labute approximate surface area is 335 Å². The minimum absolute atomic E-state index is 0.173. The molecule has 1 aromatic heterocycles. The van der Waals surface area contributed by atoms with Crippen LogP contribution >= 0.6 is 0 Å². The molecule has 0 radical (unpaired) electrons. The first-order chi connectivity index (χ1) is 27.2. The molecule has 1 saturated heterocycles. The monoisotopic (exact) mass is 784 g/mol. The number of aromatic nitrogens is 1. The minimum Gasteiger partial charge on any atom is -0.496 e. The summed E-state index contributed by atoms with van der Waals surface area (Å²) in [7, 11) is 6.90. The highest BCUT2D eigenvalue weighted by molar-refractivity contribution is 5.95. The molecule has 57 heavy (non-hydrogen) atoms. The Morgan fingerprint density at radius 1 is 1.04 bits per heavy atom. The number of anilines is 1. The number of hydrogen-bond donors (Lipinski definition) is 6.